The molecule has 0 atom stereocenters. The molecule has 0 aromatic carbocycles. The molecule has 0 aliphatic heterocycles. The maximum Gasteiger partial charge on any atom is 0.122 e. The van der Waals surface area contributed by atoms with E-state index in [1.165, 1.54) is 0 Å². The Morgan fingerprint density at radius 2 is 2.33 bits per heavy atom. The van der Waals surface area contributed by atoms with Gasteiger partial charge < -0.3 is 15.0 Å². The highest BCUT2D eigenvalue weighted by molar-refractivity contribution is 4.91. The van der Waals surface area contributed by atoms with Crippen LogP contribution >= 0.6 is 0 Å². The molecule has 1 aromatic heterocycles. The van der Waals surface area contributed by atoms with Crippen molar-refractivity contribution in [2.24, 2.45) is 5.92 Å². The second kappa shape index (κ2) is 6.58. The molecule has 0 saturated carbocycles. The van der Waals surface area contributed by atoms with E-state index in [2.05, 4.69) is 28.7 Å². The van der Waals surface area contributed by atoms with Crippen LogP contribution in [0.4, 0.5) is 0 Å². The molecule has 2 N–H and O–H groups in total. The third kappa shape index (κ3) is 4.44. The predicted octanol–water partition coefficient (Wildman–Crippen LogP) is 1.01. The van der Waals surface area contributed by atoms with E-state index in [9.17, 15) is 0 Å². The first-order valence-corrected chi connectivity index (χ1v) is 5.55. The third-order valence-corrected chi connectivity index (χ3v) is 2.19. The molecule has 0 saturated heterocycles. The molecule has 0 bridgehead atoms. The summed E-state index contributed by atoms with van der Waals surface area (Å²) in [6.45, 7) is 7.26. The van der Waals surface area contributed by atoms with E-state index in [-0.39, 0.29) is 6.61 Å². The Kier molecular flexibility index (Phi) is 5.36. The van der Waals surface area contributed by atoms with Crippen LogP contribution in [0.2, 0.25) is 0 Å². The molecule has 1 rings (SSSR count). The SMILES string of the molecule is CC(C)CNCc1nccn1CCCO. The van der Waals surface area contributed by atoms with Gasteiger partial charge in [0.25, 0.3) is 0 Å². The molecule has 0 spiro atoms. The average Bonchev–Trinajstić information content (AvgIpc) is 2.62. The first kappa shape index (κ1) is 12.2. The zero-order valence-electron chi connectivity index (χ0n) is 9.61. The highest BCUT2D eigenvalue weighted by Crippen LogP contribution is 1.99. The van der Waals surface area contributed by atoms with Crippen molar-refractivity contribution in [1.29, 1.82) is 0 Å². The van der Waals surface area contributed by atoms with E-state index in [0.717, 1.165) is 31.9 Å². The highest BCUT2D eigenvalue weighted by atomic mass is 16.3. The monoisotopic (exact) mass is 211 g/mol. The zero-order valence-corrected chi connectivity index (χ0v) is 9.61. The summed E-state index contributed by atoms with van der Waals surface area (Å²) in [5.74, 6) is 1.70. The van der Waals surface area contributed by atoms with Crippen molar-refractivity contribution in [3.8, 4) is 0 Å². The second-order valence-corrected chi connectivity index (χ2v) is 4.14. The molecule has 0 unspecified atom stereocenters. The summed E-state index contributed by atoms with van der Waals surface area (Å²) in [6, 6.07) is 0. The fourth-order valence-corrected chi connectivity index (χ4v) is 1.42. The lowest BCUT2D eigenvalue weighted by molar-refractivity contribution is 0.279. The van der Waals surface area contributed by atoms with Gasteiger partial charge in [0.2, 0.25) is 0 Å². The van der Waals surface area contributed by atoms with Gasteiger partial charge in [-0.2, -0.15) is 0 Å². The van der Waals surface area contributed by atoms with E-state index >= 15 is 0 Å². The molecular formula is C11H21N3O. The minimum absolute atomic E-state index is 0.233. The van der Waals surface area contributed by atoms with Crippen LogP contribution in [0, 0.1) is 5.92 Å². The number of aliphatic hydroxyl groups is 1. The second-order valence-electron chi connectivity index (χ2n) is 4.14. The molecule has 1 heterocycles. The van der Waals surface area contributed by atoms with E-state index in [4.69, 9.17) is 5.11 Å². The Labute approximate surface area is 91.3 Å². The van der Waals surface area contributed by atoms with Gasteiger partial charge in [0.15, 0.2) is 0 Å². The summed E-state index contributed by atoms with van der Waals surface area (Å²) in [6.07, 6.45) is 4.55. The number of hydrogen-bond donors (Lipinski definition) is 2. The third-order valence-electron chi connectivity index (χ3n) is 2.19. The van der Waals surface area contributed by atoms with Gasteiger partial charge in [0, 0.05) is 25.5 Å². The highest BCUT2D eigenvalue weighted by Gasteiger charge is 2.02. The van der Waals surface area contributed by atoms with Gasteiger partial charge in [-0.1, -0.05) is 13.8 Å². The van der Waals surface area contributed by atoms with Crippen LogP contribution in [0.1, 0.15) is 26.1 Å². The van der Waals surface area contributed by atoms with Crippen LogP contribution in [-0.4, -0.2) is 27.8 Å². The van der Waals surface area contributed by atoms with Crippen LogP contribution in [-0.2, 0) is 13.1 Å². The lowest BCUT2D eigenvalue weighted by Crippen LogP contribution is -2.21. The fraction of sp³-hybridized carbons (Fsp3) is 0.727. The van der Waals surface area contributed by atoms with Gasteiger partial charge in [-0.15, -0.1) is 0 Å². The number of rotatable bonds is 7. The molecule has 0 radical (unpaired) electrons. The van der Waals surface area contributed by atoms with Gasteiger partial charge in [-0.05, 0) is 18.9 Å². The number of aliphatic hydroxyl groups excluding tert-OH is 1. The minimum atomic E-state index is 0.233. The van der Waals surface area contributed by atoms with Crippen molar-refractivity contribution in [2.45, 2.75) is 33.4 Å². The summed E-state index contributed by atoms with van der Waals surface area (Å²) in [7, 11) is 0. The van der Waals surface area contributed by atoms with Crippen molar-refractivity contribution in [3.05, 3.63) is 18.2 Å². The number of aryl methyl sites for hydroxylation is 1. The van der Waals surface area contributed by atoms with Crippen LogP contribution in [0.15, 0.2) is 12.4 Å². The smallest absolute Gasteiger partial charge is 0.122 e. The minimum Gasteiger partial charge on any atom is -0.396 e. The molecule has 4 nitrogen and oxygen atoms in total. The summed E-state index contributed by atoms with van der Waals surface area (Å²) >= 11 is 0. The van der Waals surface area contributed by atoms with Crippen LogP contribution < -0.4 is 5.32 Å². The van der Waals surface area contributed by atoms with Crippen molar-refractivity contribution in [2.75, 3.05) is 13.2 Å². The number of imidazole rings is 1. The Morgan fingerprint density at radius 1 is 1.53 bits per heavy atom. The van der Waals surface area contributed by atoms with Crippen LogP contribution in [0.3, 0.4) is 0 Å². The van der Waals surface area contributed by atoms with Gasteiger partial charge in [-0.3, -0.25) is 0 Å². The largest absolute Gasteiger partial charge is 0.396 e. The quantitative estimate of drug-likeness (QED) is 0.707. The van der Waals surface area contributed by atoms with E-state index in [0.29, 0.717) is 5.92 Å². The topological polar surface area (TPSA) is 50.1 Å². The predicted molar refractivity (Wildman–Crippen MR) is 60.5 cm³/mol. The van der Waals surface area contributed by atoms with E-state index < -0.39 is 0 Å². The van der Waals surface area contributed by atoms with E-state index in [1.807, 2.05) is 12.4 Å². The maximum atomic E-state index is 8.76. The summed E-state index contributed by atoms with van der Waals surface area (Å²) < 4.78 is 2.09. The molecule has 15 heavy (non-hydrogen) atoms. The van der Waals surface area contributed by atoms with Crippen LogP contribution in [0.25, 0.3) is 0 Å². The number of aromatic nitrogens is 2. The van der Waals surface area contributed by atoms with E-state index in [1.54, 1.807) is 0 Å². The molecular weight excluding hydrogens is 190 g/mol. The first-order valence-electron chi connectivity index (χ1n) is 5.55. The first-order chi connectivity index (χ1) is 7.24. The molecule has 1 aromatic rings. The molecule has 86 valence electrons. The van der Waals surface area contributed by atoms with Crippen molar-refractivity contribution < 1.29 is 5.11 Å². The van der Waals surface area contributed by atoms with Gasteiger partial charge in [0.1, 0.15) is 5.82 Å². The molecule has 0 aliphatic carbocycles. The average molecular weight is 211 g/mol. The van der Waals surface area contributed by atoms with Crippen LogP contribution in [0.5, 0.6) is 0 Å². The Balaban J connectivity index is 2.35. The standard InChI is InChI=1S/C11H21N3O/c1-10(2)8-12-9-11-13-4-6-14(11)5-3-7-15/h4,6,10,12,15H,3,5,7-9H2,1-2H3. The van der Waals surface area contributed by atoms with Crippen molar-refractivity contribution >= 4 is 0 Å². The summed E-state index contributed by atoms with van der Waals surface area (Å²) in [5.41, 5.74) is 0. The summed E-state index contributed by atoms with van der Waals surface area (Å²) in [4.78, 5) is 4.28. The maximum absolute atomic E-state index is 8.76. The fourth-order valence-electron chi connectivity index (χ4n) is 1.42. The molecule has 0 aliphatic rings. The van der Waals surface area contributed by atoms with Gasteiger partial charge in [-0.25, -0.2) is 4.98 Å². The number of hydrogen-bond acceptors (Lipinski definition) is 3. The molecule has 0 fully saturated rings. The van der Waals surface area contributed by atoms with Crippen molar-refractivity contribution in [3.63, 3.8) is 0 Å². The molecule has 0 amide bonds. The Bertz CT molecular complexity index is 271. The Hall–Kier alpha value is -0.870. The Morgan fingerprint density at radius 3 is 3.00 bits per heavy atom. The molecule has 4 heteroatoms. The normalized spacial score (nSPS) is 11.2. The summed E-state index contributed by atoms with van der Waals surface area (Å²) in [5, 5.41) is 12.1. The van der Waals surface area contributed by atoms with Gasteiger partial charge >= 0.3 is 0 Å². The van der Waals surface area contributed by atoms with Crippen molar-refractivity contribution in [1.82, 2.24) is 14.9 Å². The van der Waals surface area contributed by atoms with Gasteiger partial charge in [0.05, 0.1) is 6.54 Å². The zero-order chi connectivity index (χ0) is 11.1. The lowest BCUT2D eigenvalue weighted by atomic mass is 10.2. The number of nitrogens with zero attached hydrogens (tertiary/aromatic N) is 2. The number of nitrogens with one attached hydrogen (secondary N) is 1. The lowest BCUT2D eigenvalue weighted by Gasteiger charge is -2.09.